The number of aliphatic imine (C=N–C) groups is 1. The van der Waals surface area contributed by atoms with Gasteiger partial charge in [-0.1, -0.05) is 18.2 Å². The van der Waals surface area contributed by atoms with Crippen LogP contribution in [-0.4, -0.2) is 47.1 Å². The lowest BCUT2D eigenvalue weighted by atomic mass is 10.1. The topological polar surface area (TPSA) is 92.2 Å². The molecule has 1 saturated heterocycles. The zero-order valence-electron chi connectivity index (χ0n) is 17.6. The number of rotatable bonds is 4. The van der Waals surface area contributed by atoms with E-state index in [4.69, 9.17) is 4.42 Å². The number of furan rings is 1. The third-order valence-electron chi connectivity index (χ3n) is 5.54. The second-order valence-corrected chi connectivity index (χ2v) is 8.63. The average Bonchev–Trinajstić information content (AvgIpc) is 3.47. The van der Waals surface area contributed by atoms with Crippen molar-refractivity contribution in [1.82, 2.24) is 4.90 Å². The first-order valence-electron chi connectivity index (χ1n) is 10.5. The first-order valence-corrected chi connectivity index (χ1v) is 11.3. The summed E-state index contributed by atoms with van der Waals surface area (Å²) in [5, 5.41) is 11.5. The maximum atomic E-state index is 12.5. The first kappa shape index (κ1) is 21.0. The van der Waals surface area contributed by atoms with Crippen molar-refractivity contribution in [3.05, 3.63) is 87.5 Å². The zero-order chi connectivity index (χ0) is 22.8. The third-order valence-corrected chi connectivity index (χ3v) is 6.59. The number of benzene rings is 2. The number of para-hydroxylation sites is 1. The average molecular weight is 461 g/mol. The van der Waals surface area contributed by atoms with E-state index in [1.54, 1.807) is 30.3 Å². The van der Waals surface area contributed by atoms with Gasteiger partial charge in [0.05, 0.1) is 9.83 Å². The van der Waals surface area contributed by atoms with E-state index in [1.807, 2.05) is 18.2 Å². The minimum absolute atomic E-state index is 0.0230. The van der Waals surface area contributed by atoms with Gasteiger partial charge in [0.25, 0.3) is 11.6 Å². The van der Waals surface area contributed by atoms with E-state index in [9.17, 15) is 14.9 Å². The van der Waals surface area contributed by atoms with E-state index < -0.39 is 4.92 Å². The lowest BCUT2D eigenvalue weighted by Crippen LogP contribution is -2.47. The van der Waals surface area contributed by atoms with Crippen molar-refractivity contribution in [2.45, 2.75) is 0 Å². The van der Waals surface area contributed by atoms with Gasteiger partial charge in [-0.15, -0.1) is 0 Å². The molecule has 2 aliphatic heterocycles. The normalized spacial score (nSPS) is 17.5. The summed E-state index contributed by atoms with van der Waals surface area (Å²) in [6.07, 6.45) is 1.69. The number of hydrogen-bond donors (Lipinski definition) is 0. The molecule has 0 aliphatic carbocycles. The van der Waals surface area contributed by atoms with Crippen molar-refractivity contribution in [3.63, 3.8) is 0 Å². The van der Waals surface area contributed by atoms with E-state index in [0.717, 1.165) is 36.9 Å². The van der Waals surface area contributed by atoms with Crippen molar-refractivity contribution in [3.8, 4) is 11.3 Å². The van der Waals surface area contributed by atoms with Gasteiger partial charge in [0, 0.05) is 55.6 Å². The molecule has 0 radical (unpaired) electrons. The third kappa shape index (κ3) is 4.54. The van der Waals surface area contributed by atoms with Crippen LogP contribution < -0.4 is 4.90 Å². The molecule has 1 aromatic heterocycles. The summed E-state index contributed by atoms with van der Waals surface area (Å²) in [5.74, 6) is 0.837. The molecule has 1 fully saturated rings. The smallest absolute Gasteiger partial charge is 0.286 e. The molecule has 9 heteroatoms. The van der Waals surface area contributed by atoms with Crippen molar-refractivity contribution in [2.24, 2.45) is 4.99 Å². The van der Waals surface area contributed by atoms with Crippen LogP contribution in [0.25, 0.3) is 17.4 Å². The summed E-state index contributed by atoms with van der Waals surface area (Å²) >= 11 is 1.36. The quantitative estimate of drug-likeness (QED) is 0.318. The fourth-order valence-corrected chi connectivity index (χ4v) is 4.74. The van der Waals surface area contributed by atoms with E-state index in [1.165, 1.54) is 29.6 Å². The number of piperazine rings is 1. The summed E-state index contributed by atoms with van der Waals surface area (Å²) < 4.78 is 5.84. The molecule has 0 unspecified atom stereocenters. The second-order valence-electron chi connectivity index (χ2n) is 7.63. The number of nitro benzene ring substituents is 1. The van der Waals surface area contributed by atoms with Crippen molar-refractivity contribution in [1.29, 1.82) is 0 Å². The molecule has 0 saturated carbocycles. The standard InChI is InChI=1S/C24H20N4O4S/c29-23-22(16-20-10-11-21(32-20)17-6-8-19(9-7-17)28(30)31)33-24(25-23)27-14-12-26(13-15-27)18-4-2-1-3-5-18/h1-11,16H,12-15H2/b22-16-. The Morgan fingerprint density at radius 1 is 0.939 bits per heavy atom. The maximum absolute atomic E-state index is 12.5. The van der Waals surface area contributed by atoms with Gasteiger partial charge in [-0.05, 0) is 48.2 Å². The second kappa shape index (κ2) is 8.95. The van der Waals surface area contributed by atoms with Gasteiger partial charge in [0.1, 0.15) is 11.5 Å². The summed E-state index contributed by atoms with van der Waals surface area (Å²) in [7, 11) is 0. The molecule has 0 atom stereocenters. The fourth-order valence-electron chi connectivity index (χ4n) is 3.79. The molecule has 33 heavy (non-hydrogen) atoms. The van der Waals surface area contributed by atoms with Crippen LogP contribution in [0.2, 0.25) is 0 Å². The lowest BCUT2D eigenvalue weighted by Gasteiger charge is -2.36. The molecule has 3 aromatic rings. The molecule has 166 valence electrons. The van der Waals surface area contributed by atoms with Crippen LogP contribution >= 0.6 is 11.8 Å². The van der Waals surface area contributed by atoms with Crippen LogP contribution in [0.5, 0.6) is 0 Å². The van der Waals surface area contributed by atoms with Gasteiger partial charge in [-0.2, -0.15) is 4.99 Å². The van der Waals surface area contributed by atoms with Gasteiger partial charge in [0.2, 0.25) is 0 Å². The molecule has 2 aromatic carbocycles. The monoisotopic (exact) mass is 460 g/mol. The van der Waals surface area contributed by atoms with Crippen molar-refractivity contribution < 1.29 is 14.1 Å². The summed E-state index contributed by atoms with van der Waals surface area (Å²) in [4.78, 5) is 32.1. The van der Waals surface area contributed by atoms with E-state index in [2.05, 4.69) is 26.9 Å². The number of amidine groups is 1. The van der Waals surface area contributed by atoms with Gasteiger partial charge < -0.3 is 14.2 Å². The Kier molecular flexibility index (Phi) is 5.70. The van der Waals surface area contributed by atoms with Gasteiger partial charge >= 0.3 is 0 Å². The highest BCUT2D eigenvalue weighted by molar-refractivity contribution is 8.18. The lowest BCUT2D eigenvalue weighted by molar-refractivity contribution is -0.384. The Labute approximate surface area is 194 Å². The number of nitro groups is 1. The molecule has 0 spiro atoms. The molecule has 5 rings (SSSR count). The number of nitrogens with zero attached hydrogens (tertiary/aromatic N) is 4. The Morgan fingerprint density at radius 3 is 2.33 bits per heavy atom. The SMILES string of the molecule is O=C1N=C(N2CCN(c3ccccc3)CC2)S/C1=C\c1ccc(-c2ccc([N+](=O)[O-])cc2)o1. The number of thioether (sulfide) groups is 1. The Morgan fingerprint density at radius 2 is 1.64 bits per heavy atom. The minimum Gasteiger partial charge on any atom is -0.457 e. The van der Waals surface area contributed by atoms with Crippen LogP contribution in [0.1, 0.15) is 5.76 Å². The Balaban J connectivity index is 1.23. The molecule has 2 aliphatic rings. The number of anilines is 1. The van der Waals surface area contributed by atoms with Crippen LogP contribution in [0.4, 0.5) is 11.4 Å². The molecular weight excluding hydrogens is 440 g/mol. The molecular formula is C24H20N4O4S. The van der Waals surface area contributed by atoms with Gasteiger partial charge in [-0.3, -0.25) is 14.9 Å². The van der Waals surface area contributed by atoms with Crippen LogP contribution in [0.3, 0.4) is 0 Å². The number of hydrogen-bond acceptors (Lipinski definition) is 7. The van der Waals surface area contributed by atoms with Crippen molar-refractivity contribution in [2.75, 3.05) is 31.1 Å². The van der Waals surface area contributed by atoms with Crippen LogP contribution in [0.15, 0.2) is 81.0 Å². The molecule has 0 bridgehead atoms. The minimum atomic E-state index is -0.441. The summed E-state index contributed by atoms with van der Waals surface area (Å²) in [6, 6.07) is 20.0. The van der Waals surface area contributed by atoms with Crippen LogP contribution in [0, 0.1) is 10.1 Å². The first-order chi connectivity index (χ1) is 16.1. The highest BCUT2D eigenvalue weighted by Crippen LogP contribution is 2.32. The fraction of sp³-hybridized carbons (Fsp3) is 0.167. The number of carbonyl (C=O) groups excluding carboxylic acids is 1. The van der Waals surface area contributed by atoms with Gasteiger partial charge in [0.15, 0.2) is 5.17 Å². The predicted octanol–water partition coefficient (Wildman–Crippen LogP) is 4.65. The Hall–Kier alpha value is -3.85. The molecule has 8 nitrogen and oxygen atoms in total. The highest BCUT2D eigenvalue weighted by Gasteiger charge is 2.28. The van der Waals surface area contributed by atoms with E-state index in [0.29, 0.717) is 16.4 Å². The predicted molar refractivity (Wildman–Crippen MR) is 129 cm³/mol. The maximum Gasteiger partial charge on any atom is 0.286 e. The van der Waals surface area contributed by atoms with E-state index in [-0.39, 0.29) is 11.6 Å². The molecule has 3 heterocycles. The number of amides is 1. The zero-order valence-corrected chi connectivity index (χ0v) is 18.4. The molecule has 0 N–H and O–H groups in total. The summed E-state index contributed by atoms with van der Waals surface area (Å²) in [6.45, 7) is 3.33. The van der Waals surface area contributed by atoms with E-state index >= 15 is 0 Å². The van der Waals surface area contributed by atoms with Crippen molar-refractivity contribution >= 4 is 40.3 Å². The molecule has 1 amide bonds. The number of carbonyl (C=O) groups is 1. The number of non-ortho nitro benzene ring substituents is 1. The summed E-state index contributed by atoms with van der Waals surface area (Å²) in [5.41, 5.74) is 1.95. The Bertz CT molecular complexity index is 1240. The highest BCUT2D eigenvalue weighted by atomic mass is 32.2. The van der Waals surface area contributed by atoms with Gasteiger partial charge in [-0.25, -0.2) is 0 Å². The van der Waals surface area contributed by atoms with Crippen LogP contribution in [-0.2, 0) is 4.79 Å². The largest absolute Gasteiger partial charge is 0.457 e.